The number of nitrogens with one attached hydrogen (secondary N) is 1. The normalized spacial score (nSPS) is 20.1. The van der Waals surface area contributed by atoms with E-state index < -0.39 is 0 Å². The van der Waals surface area contributed by atoms with E-state index in [1.54, 1.807) is 4.57 Å². The number of rotatable bonds is 2. The van der Waals surface area contributed by atoms with Crippen molar-refractivity contribution in [1.29, 1.82) is 0 Å². The van der Waals surface area contributed by atoms with Crippen LogP contribution >= 0.6 is 0 Å². The van der Waals surface area contributed by atoms with Crippen molar-refractivity contribution in [2.45, 2.75) is 12.6 Å². The second kappa shape index (κ2) is 4.88. The van der Waals surface area contributed by atoms with Crippen LogP contribution in [-0.4, -0.2) is 35.4 Å². The van der Waals surface area contributed by atoms with Crippen LogP contribution in [-0.2, 0) is 11.3 Å². The maximum atomic E-state index is 11.9. The standard InChI is InChI=1S/C13H15N3O2/c17-13-8-15-11-3-1-2-4-12(11)16(13)9-10-7-14-5-6-18-10/h1-4,8,10,14H,5-7,9H2. The number of hydrogen-bond acceptors (Lipinski definition) is 4. The Hall–Kier alpha value is -1.72. The Morgan fingerprint density at radius 1 is 1.44 bits per heavy atom. The third-order valence-electron chi connectivity index (χ3n) is 3.14. The summed E-state index contributed by atoms with van der Waals surface area (Å²) in [6.45, 7) is 2.92. The molecule has 1 aromatic heterocycles. The Morgan fingerprint density at radius 3 is 3.17 bits per heavy atom. The van der Waals surface area contributed by atoms with E-state index in [0.29, 0.717) is 13.2 Å². The van der Waals surface area contributed by atoms with E-state index in [2.05, 4.69) is 10.3 Å². The molecule has 1 saturated heterocycles. The fourth-order valence-electron chi connectivity index (χ4n) is 2.24. The molecule has 0 saturated carbocycles. The number of aromatic nitrogens is 2. The lowest BCUT2D eigenvalue weighted by Gasteiger charge is -2.24. The first-order chi connectivity index (χ1) is 8.84. The number of fused-ring (bicyclic) bond motifs is 1. The maximum Gasteiger partial charge on any atom is 0.269 e. The second-order valence-electron chi connectivity index (χ2n) is 4.39. The summed E-state index contributed by atoms with van der Waals surface area (Å²) in [7, 11) is 0. The lowest BCUT2D eigenvalue weighted by Crippen LogP contribution is -2.42. The molecule has 1 N–H and O–H groups in total. The number of morpholine rings is 1. The topological polar surface area (TPSA) is 56.2 Å². The van der Waals surface area contributed by atoms with Crippen molar-refractivity contribution in [3.05, 3.63) is 40.8 Å². The first-order valence-corrected chi connectivity index (χ1v) is 6.11. The summed E-state index contributed by atoms with van der Waals surface area (Å²) in [5.74, 6) is 0. The molecule has 0 bridgehead atoms. The fraction of sp³-hybridized carbons (Fsp3) is 0.385. The van der Waals surface area contributed by atoms with E-state index in [9.17, 15) is 4.79 Å². The number of nitrogens with zero attached hydrogens (tertiary/aromatic N) is 2. The van der Waals surface area contributed by atoms with Gasteiger partial charge in [-0.3, -0.25) is 4.79 Å². The molecule has 1 fully saturated rings. The van der Waals surface area contributed by atoms with Crippen LogP contribution in [0.3, 0.4) is 0 Å². The van der Waals surface area contributed by atoms with Crippen LogP contribution in [0, 0.1) is 0 Å². The molecule has 1 unspecified atom stereocenters. The quantitative estimate of drug-likeness (QED) is 0.831. The molecule has 5 nitrogen and oxygen atoms in total. The monoisotopic (exact) mass is 245 g/mol. The number of ether oxygens (including phenoxy) is 1. The van der Waals surface area contributed by atoms with E-state index >= 15 is 0 Å². The zero-order valence-corrected chi connectivity index (χ0v) is 10.0. The minimum absolute atomic E-state index is 0.0438. The van der Waals surface area contributed by atoms with Gasteiger partial charge in [-0.05, 0) is 12.1 Å². The molecule has 94 valence electrons. The van der Waals surface area contributed by atoms with Gasteiger partial charge in [-0.25, -0.2) is 4.98 Å². The molecule has 0 aliphatic carbocycles. The average Bonchev–Trinajstić information content (AvgIpc) is 2.43. The molecule has 2 aromatic rings. The van der Waals surface area contributed by atoms with Gasteiger partial charge < -0.3 is 14.6 Å². The first kappa shape index (κ1) is 11.4. The van der Waals surface area contributed by atoms with Gasteiger partial charge in [0.1, 0.15) is 0 Å². The Morgan fingerprint density at radius 2 is 2.33 bits per heavy atom. The minimum atomic E-state index is -0.0807. The number of hydrogen-bond donors (Lipinski definition) is 1. The van der Waals surface area contributed by atoms with Crippen LogP contribution in [0.15, 0.2) is 35.3 Å². The first-order valence-electron chi connectivity index (χ1n) is 6.11. The largest absolute Gasteiger partial charge is 0.374 e. The zero-order valence-electron chi connectivity index (χ0n) is 10.0. The minimum Gasteiger partial charge on any atom is -0.374 e. The molecule has 1 aliphatic rings. The molecular weight excluding hydrogens is 230 g/mol. The van der Waals surface area contributed by atoms with Crippen LogP contribution in [0.1, 0.15) is 0 Å². The van der Waals surface area contributed by atoms with Crippen LogP contribution in [0.25, 0.3) is 11.0 Å². The van der Waals surface area contributed by atoms with Crippen LogP contribution in [0.2, 0.25) is 0 Å². The van der Waals surface area contributed by atoms with Crippen molar-refractivity contribution < 1.29 is 4.74 Å². The van der Waals surface area contributed by atoms with E-state index in [-0.39, 0.29) is 11.7 Å². The molecule has 3 rings (SSSR count). The van der Waals surface area contributed by atoms with Gasteiger partial charge in [0, 0.05) is 13.1 Å². The molecule has 1 aliphatic heterocycles. The smallest absolute Gasteiger partial charge is 0.269 e. The molecule has 0 spiro atoms. The van der Waals surface area contributed by atoms with Crippen LogP contribution in [0.5, 0.6) is 0 Å². The van der Waals surface area contributed by atoms with Crippen molar-refractivity contribution in [3.8, 4) is 0 Å². The SMILES string of the molecule is O=c1cnc2ccccc2n1CC1CNCCO1. The lowest BCUT2D eigenvalue weighted by atomic mass is 10.2. The van der Waals surface area contributed by atoms with Gasteiger partial charge in [0.25, 0.3) is 5.56 Å². The Bertz CT molecular complexity index is 602. The summed E-state index contributed by atoms with van der Waals surface area (Å²) in [6, 6.07) is 7.66. The van der Waals surface area contributed by atoms with Crippen molar-refractivity contribution >= 4 is 11.0 Å². The van der Waals surface area contributed by atoms with Gasteiger partial charge >= 0.3 is 0 Å². The molecule has 2 heterocycles. The zero-order chi connectivity index (χ0) is 12.4. The summed E-state index contributed by atoms with van der Waals surface area (Å²) in [6.07, 6.45) is 1.42. The van der Waals surface area contributed by atoms with Gasteiger partial charge in [0.2, 0.25) is 0 Å². The van der Waals surface area contributed by atoms with E-state index in [1.807, 2.05) is 24.3 Å². The van der Waals surface area contributed by atoms with Crippen molar-refractivity contribution in [2.75, 3.05) is 19.7 Å². The van der Waals surface area contributed by atoms with Gasteiger partial charge in [0.05, 0.1) is 36.5 Å². The van der Waals surface area contributed by atoms with E-state index in [0.717, 1.165) is 24.1 Å². The van der Waals surface area contributed by atoms with Gasteiger partial charge in [-0.15, -0.1) is 0 Å². The summed E-state index contributed by atoms with van der Waals surface area (Å²) in [5.41, 5.74) is 1.61. The van der Waals surface area contributed by atoms with Crippen molar-refractivity contribution in [3.63, 3.8) is 0 Å². The van der Waals surface area contributed by atoms with Crippen LogP contribution in [0.4, 0.5) is 0 Å². The van der Waals surface area contributed by atoms with Gasteiger partial charge in [0.15, 0.2) is 0 Å². The number of benzene rings is 1. The fourth-order valence-corrected chi connectivity index (χ4v) is 2.24. The summed E-state index contributed by atoms with van der Waals surface area (Å²) in [4.78, 5) is 16.1. The highest BCUT2D eigenvalue weighted by Crippen LogP contribution is 2.10. The van der Waals surface area contributed by atoms with Crippen LogP contribution < -0.4 is 10.9 Å². The highest BCUT2D eigenvalue weighted by atomic mass is 16.5. The molecule has 5 heteroatoms. The average molecular weight is 245 g/mol. The van der Waals surface area contributed by atoms with E-state index in [4.69, 9.17) is 4.74 Å². The summed E-state index contributed by atoms with van der Waals surface area (Å²) < 4.78 is 7.38. The summed E-state index contributed by atoms with van der Waals surface area (Å²) >= 11 is 0. The third-order valence-corrected chi connectivity index (χ3v) is 3.14. The summed E-state index contributed by atoms with van der Waals surface area (Å²) in [5, 5.41) is 3.27. The second-order valence-corrected chi connectivity index (χ2v) is 4.39. The highest BCUT2D eigenvalue weighted by Gasteiger charge is 2.15. The van der Waals surface area contributed by atoms with Gasteiger partial charge in [-0.2, -0.15) is 0 Å². The predicted molar refractivity (Wildman–Crippen MR) is 68.6 cm³/mol. The number of para-hydroxylation sites is 2. The molecule has 18 heavy (non-hydrogen) atoms. The van der Waals surface area contributed by atoms with Crippen molar-refractivity contribution in [2.24, 2.45) is 0 Å². The van der Waals surface area contributed by atoms with Gasteiger partial charge in [-0.1, -0.05) is 12.1 Å². The molecular formula is C13H15N3O2. The maximum absolute atomic E-state index is 11.9. The predicted octanol–water partition coefficient (Wildman–Crippen LogP) is 0.385. The third kappa shape index (κ3) is 2.14. The molecule has 0 amide bonds. The molecule has 1 aromatic carbocycles. The molecule has 1 atom stereocenters. The Balaban J connectivity index is 1.99. The lowest BCUT2D eigenvalue weighted by molar-refractivity contribution is 0.0183. The molecule has 0 radical (unpaired) electrons. The van der Waals surface area contributed by atoms with Crippen molar-refractivity contribution in [1.82, 2.24) is 14.9 Å². The highest BCUT2D eigenvalue weighted by molar-refractivity contribution is 5.74. The Kier molecular flexibility index (Phi) is 3.08. The Labute approximate surface area is 104 Å². The van der Waals surface area contributed by atoms with E-state index in [1.165, 1.54) is 6.20 Å².